The van der Waals surface area contributed by atoms with E-state index in [1.54, 1.807) is 46.3 Å². The molecule has 140 valence electrons. The van der Waals surface area contributed by atoms with Crippen molar-refractivity contribution >= 4 is 17.7 Å². The first-order valence-corrected chi connectivity index (χ1v) is 8.25. The highest BCUT2D eigenvalue weighted by Crippen LogP contribution is 2.20. The van der Waals surface area contributed by atoms with Crippen molar-refractivity contribution in [3.63, 3.8) is 0 Å². The summed E-state index contributed by atoms with van der Waals surface area (Å²) in [6.45, 7) is 8.31. The zero-order valence-electron chi connectivity index (χ0n) is 15.8. The van der Waals surface area contributed by atoms with E-state index in [1.807, 2.05) is 0 Å². The standard InChI is InChI=1S/C18H23N3O5/c1-7-25-17(23)14-9(2)16(19-10(14)3)13(22)8-26-18(24)15-11(4)20-21(6)12(15)5/h19H,7-8H2,1-6H3. The molecule has 0 fully saturated rings. The van der Waals surface area contributed by atoms with Gasteiger partial charge in [0.25, 0.3) is 0 Å². The lowest BCUT2D eigenvalue weighted by Gasteiger charge is -2.05. The molecule has 0 atom stereocenters. The Hall–Kier alpha value is -2.90. The third-order valence-electron chi connectivity index (χ3n) is 4.24. The van der Waals surface area contributed by atoms with Gasteiger partial charge in [0, 0.05) is 18.4 Å². The van der Waals surface area contributed by atoms with E-state index in [9.17, 15) is 14.4 Å². The van der Waals surface area contributed by atoms with Crippen molar-refractivity contribution in [1.82, 2.24) is 14.8 Å². The second kappa shape index (κ2) is 7.55. The van der Waals surface area contributed by atoms with Gasteiger partial charge in [-0.2, -0.15) is 5.10 Å². The van der Waals surface area contributed by atoms with Gasteiger partial charge in [-0.05, 0) is 40.2 Å². The fraction of sp³-hybridized carbons (Fsp3) is 0.444. The molecule has 2 heterocycles. The molecule has 0 spiro atoms. The highest BCUT2D eigenvalue weighted by molar-refractivity contribution is 6.03. The number of ketones is 1. The van der Waals surface area contributed by atoms with E-state index in [1.165, 1.54) is 0 Å². The summed E-state index contributed by atoms with van der Waals surface area (Å²) in [7, 11) is 1.73. The zero-order valence-corrected chi connectivity index (χ0v) is 15.8. The Morgan fingerprint density at radius 2 is 1.65 bits per heavy atom. The average molecular weight is 361 g/mol. The van der Waals surface area contributed by atoms with E-state index >= 15 is 0 Å². The highest BCUT2D eigenvalue weighted by atomic mass is 16.5. The monoisotopic (exact) mass is 361 g/mol. The van der Waals surface area contributed by atoms with E-state index in [4.69, 9.17) is 9.47 Å². The Balaban J connectivity index is 2.15. The number of nitrogens with one attached hydrogen (secondary N) is 1. The van der Waals surface area contributed by atoms with Crippen LogP contribution in [-0.4, -0.2) is 45.7 Å². The maximum absolute atomic E-state index is 12.4. The number of H-pyrrole nitrogens is 1. The first-order valence-electron chi connectivity index (χ1n) is 8.25. The van der Waals surface area contributed by atoms with Crippen LogP contribution in [0.4, 0.5) is 0 Å². The Morgan fingerprint density at radius 3 is 2.19 bits per heavy atom. The van der Waals surface area contributed by atoms with Crippen molar-refractivity contribution in [3.8, 4) is 0 Å². The van der Waals surface area contributed by atoms with E-state index in [-0.39, 0.29) is 12.3 Å². The van der Waals surface area contributed by atoms with Gasteiger partial charge in [-0.3, -0.25) is 9.48 Å². The molecule has 0 radical (unpaired) electrons. The number of nitrogens with zero attached hydrogens (tertiary/aromatic N) is 2. The van der Waals surface area contributed by atoms with Crippen LogP contribution in [0.1, 0.15) is 60.8 Å². The van der Waals surface area contributed by atoms with Crippen LogP contribution in [0.5, 0.6) is 0 Å². The molecule has 0 aliphatic rings. The van der Waals surface area contributed by atoms with E-state index in [2.05, 4.69) is 10.1 Å². The third kappa shape index (κ3) is 3.54. The Labute approximate surface area is 151 Å². The molecule has 0 aliphatic carbocycles. The minimum atomic E-state index is -0.604. The number of hydrogen-bond acceptors (Lipinski definition) is 6. The van der Waals surface area contributed by atoms with Crippen LogP contribution in [-0.2, 0) is 16.5 Å². The lowest BCUT2D eigenvalue weighted by Crippen LogP contribution is -2.16. The molecule has 26 heavy (non-hydrogen) atoms. The molecule has 0 aromatic carbocycles. The Bertz CT molecular complexity index is 876. The van der Waals surface area contributed by atoms with Crippen LogP contribution in [0, 0.1) is 27.7 Å². The summed E-state index contributed by atoms with van der Waals surface area (Å²) in [5.74, 6) is -1.52. The SMILES string of the molecule is CCOC(=O)c1c(C)[nH]c(C(=O)COC(=O)c2c(C)nn(C)c2C)c1C. The minimum Gasteiger partial charge on any atom is -0.462 e. The second-order valence-corrected chi connectivity index (χ2v) is 6.01. The van der Waals surface area contributed by atoms with Crippen LogP contribution in [0.15, 0.2) is 0 Å². The van der Waals surface area contributed by atoms with Gasteiger partial charge in [0.05, 0.1) is 23.6 Å². The van der Waals surface area contributed by atoms with Gasteiger partial charge in [0.1, 0.15) is 5.56 Å². The zero-order chi connectivity index (χ0) is 19.6. The first-order chi connectivity index (χ1) is 12.2. The quantitative estimate of drug-likeness (QED) is 0.625. The lowest BCUT2D eigenvalue weighted by molar-refractivity contribution is 0.0470. The number of hydrogen-bond donors (Lipinski definition) is 1. The van der Waals surface area contributed by atoms with Gasteiger partial charge in [0.2, 0.25) is 5.78 Å². The highest BCUT2D eigenvalue weighted by Gasteiger charge is 2.25. The fourth-order valence-electron chi connectivity index (χ4n) is 2.88. The van der Waals surface area contributed by atoms with Crippen molar-refractivity contribution in [1.29, 1.82) is 0 Å². The number of aromatic amines is 1. The van der Waals surface area contributed by atoms with Crippen molar-refractivity contribution in [2.75, 3.05) is 13.2 Å². The molecule has 8 nitrogen and oxygen atoms in total. The molecule has 0 amide bonds. The molecule has 0 aliphatic heterocycles. The molecule has 2 aromatic rings. The third-order valence-corrected chi connectivity index (χ3v) is 4.24. The van der Waals surface area contributed by atoms with Crippen LogP contribution in [0.25, 0.3) is 0 Å². The summed E-state index contributed by atoms with van der Waals surface area (Å²) in [6, 6.07) is 0. The summed E-state index contributed by atoms with van der Waals surface area (Å²) < 4.78 is 11.7. The smallest absolute Gasteiger partial charge is 0.342 e. The summed E-state index contributed by atoms with van der Waals surface area (Å²) in [6.07, 6.45) is 0. The molecule has 1 N–H and O–H groups in total. The number of carbonyl (C=O) groups is 3. The molecule has 0 unspecified atom stereocenters. The van der Waals surface area contributed by atoms with E-state index < -0.39 is 24.3 Å². The summed E-state index contributed by atoms with van der Waals surface area (Å²) in [4.78, 5) is 39.6. The van der Waals surface area contributed by atoms with E-state index in [0.717, 1.165) is 0 Å². The van der Waals surface area contributed by atoms with Crippen molar-refractivity contribution < 1.29 is 23.9 Å². The summed E-state index contributed by atoms with van der Waals surface area (Å²) in [5.41, 5.74) is 3.14. The average Bonchev–Trinajstić information content (AvgIpc) is 3.00. The fourth-order valence-corrected chi connectivity index (χ4v) is 2.88. The Morgan fingerprint density at radius 1 is 1.04 bits per heavy atom. The molecule has 0 saturated carbocycles. The number of carbonyl (C=O) groups excluding carboxylic acids is 3. The second-order valence-electron chi connectivity index (χ2n) is 6.01. The largest absolute Gasteiger partial charge is 0.462 e. The minimum absolute atomic E-state index is 0.234. The number of ether oxygens (including phenoxy) is 2. The maximum atomic E-state index is 12.4. The first kappa shape index (κ1) is 19.4. The predicted octanol–water partition coefficient (Wildman–Crippen LogP) is 2.20. The maximum Gasteiger partial charge on any atom is 0.342 e. The number of rotatable bonds is 6. The van der Waals surface area contributed by atoms with Gasteiger partial charge in [-0.1, -0.05) is 0 Å². The van der Waals surface area contributed by atoms with Crippen LogP contribution in [0.2, 0.25) is 0 Å². The van der Waals surface area contributed by atoms with Gasteiger partial charge >= 0.3 is 11.9 Å². The molecule has 8 heteroatoms. The number of Topliss-reactive ketones (excluding diaryl/α,β-unsaturated/α-hetero) is 1. The van der Waals surface area contributed by atoms with Crippen molar-refractivity contribution in [2.45, 2.75) is 34.6 Å². The summed E-state index contributed by atoms with van der Waals surface area (Å²) >= 11 is 0. The molecular formula is C18H23N3O5. The molecule has 2 aromatic heterocycles. The summed E-state index contributed by atoms with van der Waals surface area (Å²) in [5, 5.41) is 4.16. The Kier molecular flexibility index (Phi) is 5.64. The lowest BCUT2D eigenvalue weighted by atomic mass is 10.1. The molecule has 0 saturated heterocycles. The van der Waals surface area contributed by atoms with Gasteiger partial charge in [0.15, 0.2) is 6.61 Å². The van der Waals surface area contributed by atoms with Crippen LogP contribution in [0.3, 0.4) is 0 Å². The van der Waals surface area contributed by atoms with Gasteiger partial charge in [-0.15, -0.1) is 0 Å². The van der Waals surface area contributed by atoms with Crippen molar-refractivity contribution in [2.24, 2.45) is 7.05 Å². The van der Waals surface area contributed by atoms with Gasteiger partial charge < -0.3 is 14.5 Å². The van der Waals surface area contributed by atoms with Crippen LogP contribution >= 0.6 is 0 Å². The van der Waals surface area contributed by atoms with E-state index in [0.29, 0.717) is 33.8 Å². The molecule has 2 rings (SSSR count). The molecular weight excluding hydrogens is 338 g/mol. The number of aromatic nitrogens is 3. The predicted molar refractivity (Wildman–Crippen MR) is 93.5 cm³/mol. The van der Waals surface area contributed by atoms with Crippen molar-refractivity contribution in [3.05, 3.63) is 39.5 Å². The van der Waals surface area contributed by atoms with Crippen LogP contribution < -0.4 is 0 Å². The topological polar surface area (TPSA) is 103 Å². The van der Waals surface area contributed by atoms with Gasteiger partial charge in [-0.25, -0.2) is 9.59 Å². The number of aryl methyl sites for hydroxylation is 3. The number of esters is 2. The molecule has 0 bridgehead atoms. The normalized spacial score (nSPS) is 10.7.